The zero-order chi connectivity index (χ0) is 12.1. The number of rotatable bonds is 5. The maximum atomic E-state index is 3.21. The van der Waals surface area contributed by atoms with Crippen LogP contribution >= 0.6 is 11.3 Å². The second kappa shape index (κ2) is 6.53. The summed E-state index contributed by atoms with van der Waals surface area (Å²) in [7, 11) is 2.01. The minimum Gasteiger partial charge on any atom is -0.315 e. The molecule has 2 rings (SSSR count). The topological polar surface area (TPSA) is 15.3 Å². The molecule has 0 atom stereocenters. The second-order valence-electron chi connectivity index (χ2n) is 5.03. The van der Waals surface area contributed by atoms with Crippen molar-refractivity contribution in [1.29, 1.82) is 0 Å². The zero-order valence-corrected chi connectivity index (χ0v) is 11.9. The maximum absolute atomic E-state index is 3.21. The quantitative estimate of drug-likeness (QED) is 0.866. The first-order valence-corrected chi connectivity index (χ1v) is 7.58. The zero-order valence-electron chi connectivity index (χ0n) is 11.0. The third kappa shape index (κ3) is 3.80. The standard InChI is InChI=1S/C14H24N2S/c1-3-12-6-8-16(9-7-12)11-14-5-4-13(17-14)10-15-2/h4-5,12,15H,3,6-11H2,1-2H3. The van der Waals surface area contributed by atoms with Gasteiger partial charge in [0.25, 0.3) is 0 Å². The van der Waals surface area contributed by atoms with Gasteiger partial charge in [0, 0.05) is 22.8 Å². The molecule has 1 fully saturated rings. The van der Waals surface area contributed by atoms with Gasteiger partial charge in [-0.25, -0.2) is 0 Å². The summed E-state index contributed by atoms with van der Waals surface area (Å²) in [5, 5.41) is 3.21. The molecule has 1 aromatic heterocycles. The summed E-state index contributed by atoms with van der Waals surface area (Å²) in [6.45, 7) is 7.06. The van der Waals surface area contributed by atoms with Crippen LogP contribution in [-0.2, 0) is 13.1 Å². The molecule has 1 saturated heterocycles. The van der Waals surface area contributed by atoms with E-state index >= 15 is 0 Å². The molecule has 1 aromatic rings. The summed E-state index contributed by atoms with van der Waals surface area (Å²) in [5.74, 6) is 0.981. The van der Waals surface area contributed by atoms with Gasteiger partial charge in [-0.1, -0.05) is 13.3 Å². The van der Waals surface area contributed by atoms with Crippen molar-refractivity contribution in [2.75, 3.05) is 20.1 Å². The Morgan fingerprint density at radius 3 is 2.65 bits per heavy atom. The third-order valence-corrected chi connectivity index (χ3v) is 4.80. The van der Waals surface area contributed by atoms with Crippen molar-refractivity contribution in [3.63, 3.8) is 0 Å². The van der Waals surface area contributed by atoms with E-state index in [0.29, 0.717) is 0 Å². The molecule has 0 unspecified atom stereocenters. The number of likely N-dealkylation sites (tertiary alicyclic amines) is 1. The first-order chi connectivity index (χ1) is 8.31. The average Bonchev–Trinajstić information content (AvgIpc) is 2.78. The van der Waals surface area contributed by atoms with E-state index in [4.69, 9.17) is 0 Å². The maximum Gasteiger partial charge on any atom is 0.0328 e. The van der Waals surface area contributed by atoms with Crippen molar-refractivity contribution in [3.8, 4) is 0 Å². The van der Waals surface area contributed by atoms with Gasteiger partial charge in [-0.3, -0.25) is 4.90 Å². The first kappa shape index (κ1) is 13.1. The molecule has 0 spiro atoms. The Morgan fingerprint density at radius 2 is 2.00 bits per heavy atom. The Hall–Kier alpha value is -0.380. The number of hydrogen-bond donors (Lipinski definition) is 1. The summed E-state index contributed by atoms with van der Waals surface area (Å²) in [6, 6.07) is 4.55. The van der Waals surface area contributed by atoms with Gasteiger partial charge in [0.1, 0.15) is 0 Å². The molecule has 3 heteroatoms. The van der Waals surface area contributed by atoms with Gasteiger partial charge in [-0.05, 0) is 51.0 Å². The predicted octanol–water partition coefficient (Wildman–Crippen LogP) is 3.09. The molecule has 1 N–H and O–H groups in total. The van der Waals surface area contributed by atoms with Crippen molar-refractivity contribution in [3.05, 3.63) is 21.9 Å². The number of thiophene rings is 1. The highest BCUT2D eigenvalue weighted by Gasteiger charge is 2.18. The summed E-state index contributed by atoms with van der Waals surface area (Å²) >= 11 is 1.95. The molecule has 0 amide bonds. The van der Waals surface area contributed by atoms with Gasteiger partial charge in [0.05, 0.1) is 0 Å². The molecule has 1 aliphatic heterocycles. The molecule has 0 aromatic carbocycles. The lowest BCUT2D eigenvalue weighted by Crippen LogP contribution is -2.32. The predicted molar refractivity (Wildman–Crippen MR) is 75.4 cm³/mol. The second-order valence-corrected chi connectivity index (χ2v) is 6.28. The van der Waals surface area contributed by atoms with E-state index in [9.17, 15) is 0 Å². The number of hydrogen-bond acceptors (Lipinski definition) is 3. The van der Waals surface area contributed by atoms with Crippen molar-refractivity contribution < 1.29 is 0 Å². The first-order valence-electron chi connectivity index (χ1n) is 6.76. The highest BCUT2D eigenvalue weighted by Crippen LogP contribution is 2.23. The summed E-state index contributed by atoms with van der Waals surface area (Å²) in [4.78, 5) is 5.58. The van der Waals surface area contributed by atoms with Crippen LogP contribution in [0.2, 0.25) is 0 Å². The van der Waals surface area contributed by atoms with Crippen molar-refractivity contribution in [2.24, 2.45) is 5.92 Å². The van der Waals surface area contributed by atoms with Crippen LogP contribution in [0.4, 0.5) is 0 Å². The van der Waals surface area contributed by atoms with Crippen LogP contribution in [0, 0.1) is 5.92 Å². The van der Waals surface area contributed by atoms with E-state index in [-0.39, 0.29) is 0 Å². The van der Waals surface area contributed by atoms with Gasteiger partial charge >= 0.3 is 0 Å². The van der Waals surface area contributed by atoms with Crippen LogP contribution in [0.15, 0.2) is 12.1 Å². The van der Waals surface area contributed by atoms with Crippen molar-refractivity contribution >= 4 is 11.3 Å². The molecule has 17 heavy (non-hydrogen) atoms. The Kier molecular flexibility index (Phi) is 5.01. The van der Waals surface area contributed by atoms with Gasteiger partial charge < -0.3 is 5.32 Å². The number of piperidine rings is 1. The highest BCUT2D eigenvalue weighted by atomic mass is 32.1. The van der Waals surface area contributed by atoms with E-state index in [1.807, 2.05) is 18.4 Å². The van der Waals surface area contributed by atoms with Gasteiger partial charge in [-0.2, -0.15) is 0 Å². The normalized spacial score (nSPS) is 18.7. The highest BCUT2D eigenvalue weighted by molar-refractivity contribution is 7.11. The van der Waals surface area contributed by atoms with Crippen molar-refractivity contribution in [2.45, 2.75) is 39.3 Å². The van der Waals surface area contributed by atoms with Crippen LogP contribution < -0.4 is 5.32 Å². The van der Waals surface area contributed by atoms with Gasteiger partial charge in [0.2, 0.25) is 0 Å². The minimum atomic E-state index is 0.981. The smallest absolute Gasteiger partial charge is 0.0328 e. The summed E-state index contributed by atoms with van der Waals surface area (Å²) in [5.41, 5.74) is 0. The SMILES string of the molecule is CCC1CCN(Cc2ccc(CNC)s2)CC1. The molecule has 2 heterocycles. The van der Waals surface area contributed by atoms with Crippen LogP contribution in [0.25, 0.3) is 0 Å². The molecule has 0 bridgehead atoms. The van der Waals surface area contributed by atoms with Crippen LogP contribution in [0.1, 0.15) is 35.9 Å². The van der Waals surface area contributed by atoms with E-state index in [0.717, 1.165) is 19.0 Å². The van der Waals surface area contributed by atoms with Crippen LogP contribution in [0.5, 0.6) is 0 Å². The molecule has 0 radical (unpaired) electrons. The van der Waals surface area contributed by atoms with Crippen LogP contribution in [0.3, 0.4) is 0 Å². The number of nitrogens with one attached hydrogen (secondary N) is 1. The Balaban J connectivity index is 1.80. The molecule has 0 aliphatic carbocycles. The monoisotopic (exact) mass is 252 g/mol. The fourth-order valence-corrected chi connectivity index (χ4v) is 3.62. The molecule has 2 nitrogen and oxygen atoms in total. The summed E-state index contributed by atoms with van der Waals surface area (Å²) < 4.78 is 0. The molecule has 96 valence electrons. The largest absolute Gasteiger partial charge is 0.315 e. The third-order valence-electron chi connectivity index (χ3n) is 3.73. The molecule has 0 saturated carbocycles. The average molecular weight is 252 g/mol. The lowest BCUT2D eigenvalue weighted by atomic mass is 9.94. The van der Waals surface area contributed by atoms with Crippen molar-refractivity contribution in [1.82, 2.24) is 10.2 Å². The molecule has 1 aliphatic rings. The Bertz CT molecular complexity index is 327. The fraction of sp³-hybridized carbons (Fsp3) is 0.714. The van der Waals surface area contributed by atoms with E-state index in [1.54, 1.807) is 0 Å². The Labute approximate surface area is 109 Å². The van der Waals surface area contributed by atoms with Gasteiger partial charge in [-0.15, -0.1) is 11.3 Å². The van der Waals surface area contributed by atoms with Crippen LogP contribution in [-0.4, -0.2) is 25.0 Å². The minimum absolute atomic E-state index is 0.981. The van der Waals surface area contributed by atoms with E-state index in [2.05, 4.69) is 29.3 Å². The lowest BCUT2D eigenvalue weighted by Gasteiger charge is -2.31. The molecular weight excluding hydrogens is 228 g/mol. The Morgan fingerprint density at radius 1 is 1.29 bits per heavy atom. The fourth-order valence-electron chi connectivity index (χ4n) is 2.55. The lowest BCUT2D eigenvalue weighted by molar-refractivity contribution is 0.176. The summed E-state index contributed by atoms with van der Waals surface area (Å²) in [6.07, 6.45) is 4.15. The molecular formula is C14H24N2S. The van der Waals surface area contributed by atoms with Gasteiger partial charge in [0.15, 0.2) is 0 Å². The number of nitrogens with zero attached hydrogens (tertiary/aromatic N) is 1. The van der Waals surface area contributed by atoms with E-state index < -0.39 is 0 Å². The van der Waals surface area contributed by atoms with E-state index in [1.165, 1.54) is 42.1 Å².